The van der Waals surface area contributed by atoms with Gasteiger partial charge in [0.15, 0.2) is 0 Å². The van der Waals surface area contributed by atoms with Gasteiger partial charge in [-0.05, 0) is 50.3 Å². The van der Waals surface area contributed by atoms with Crippen LogP contribution >= 0.6 is 11.6 Å². The second-order valence-electron chi connectivity index (χ2n) is 7.85. The smallest absolute Gasteiger partial charge is 0.254 e. The first-order valence-corrected chi connectivity index (χ1v) is 9.89. The van der Waals surface area contributed by atoms with Crippen LogP contribution in [0.15, 0.2) is 47.6 Å². The van der Waals surface area contributed by atoms with Crippen molar-refractivity contribution in [2.75, 3.05) is 0 Å². The van der Waals surface area contributed by atoms with E-state index in [4.69, 9.17) is 11.6 Å². The monoisotopic (exact) mass is 393 g/mol. The number of para-hydroxylation sites is 1. The van der Waals surface area contributed by atoms with Gasteiger partial charge >= 0.3 is 0 Å². The Morgan fingerprint density at radius 3 is 2.36 bits per heavy atom. The number of rotatable bonds is 3. The van der Waals surface area contributed by atoms with E-state index in [9.17, 15) is 9.59 Å². The highest BCUT2D eigenvalue weighted by molar-refractivity contribution is 6.32. The number of hydrogen-bond acceptors (Lipinski definition) is 3. The van der Waals surface area contributed by atoms with Crippen molar-refractivity contribution >= 4 is 29.6 Å². The number of fused-ring (bicyclic) bond motifs is 5. The number of nitrogens with zero attached hydrogens (tertiary/aromatic N) is 3. The molecule has 1 aromatic heterocycles. The summed E-state index contributed by atoms with van der Waals surface area (Å²) in [5.74, 6) is -0.398. The number of hydrogen-bond donors (Lipinski definition) is 0. The highest BCUT2D eigenvalue weighted by Crippen LogP contribution is 2.52. The summed E-state index contributed by atoms with van der Waals surface area (Å²) >= 11 is 6.36. The molecule has 2 heterocycles. The average Bonchev–Trinajstić information content (AvgIpc) is 3.40. The molecule has 1 aliphatic heterocycles. The highest BCUT2D eigenvalue weighted by Gasteiger charge is 2.59. The molecule has 5 rings (SSSR count). The number of hydrazone groups is 1. The fraction of sp³-hybridized carbons (Fsp3) is 0.318. The molecule has 2 fully saturated rings. The van der Waals surface area contributed by atoms with Gasteiger partial charge in [-0.3, -0.25) is 9.59 Å². The van der Waals surface area contributed by atoms with Gasteiger partial charge in [0, 0.05) is 17.0 Å². The summed E-state index contributed by atoms with van der Waals surface area (Å²) in [7, 11) is 0. The maximum absolute atomic E-state index is 12.8. The Morgan fingerprint density at radius 1 is 1.07 bits per heavy atom. The molecule has 28 heavy (non-hydrogen) atoms. The molecule has 3 aliphatic rings. The van der Waals surface area contributed by atoms with Crippen LogP contribution in [0.5, 0.6) is 0 Å². The van der Waals surface area contributed by atoms with Gasteiger partial charge < -0.3 is 4.57 Å². The van der Waals surface area contributed by atoms with Crippen LogP contribution in [-0.4, -0.2) is 27.6 Å². The van der Waals surface area contributed by atoms with Gasteiger partial charge in [-0.2, -0.15) is 10.1 Å². The SMILES string of the molecule is Cc1cc(C=NN2C(=O)C3C4C=CC(C4)C3C2=O)c(C)n1-c1ccccc1Cl. The Kier molecular flexibility index (Phi) is 3.85. The molecule has 2 bridgehead atoms. The first kappa shape index (κ1) is 17.4. The van der Waals surface area contributed by atoms with Crippen LogP contribution in [0.1, 0.15) is 23.4 Å². The standard InChI is InChI=1S/C22H20ClN3O2/c1-12-9-16(13(2)25(12)18-6-4-3-5-17(18)23)11-24-26-21(27)19-14-7-8-15(10-14)20(19)22(26)28/h3-9,11,14-15,19-20H,10H2,1-2H3. The van der Waals surface area contributed by atoms with Gasteiger partial charge in [-0.15, -0.1) is 0 Å². The molecule has 1 saturated carbocycles. The van der Waals surface area contributed by atoms with Gasteiger partial charge in [0.05, 0.1) is 28.8 Å². The molecule has 2 aliphatic carbocycles. The molecule has 0 N–H and O–H groups in total. The third-order valence-electron chi connectivity index (χ3n) is 6.32. The second-order valence-corrected chi connectivity index (χ2v) is 8.25. The maximum atomic E-state index is 12.8. The van der Waals surface area contributed by atoms with Crippen molar-refractivity contribution in [3.05, 3.63) is 64.5 Å². The summed E-state index contributed by atoms with van der Waals surface area (Å²) in [6.45, 7) is 3.97. The van der Waals surface area contributed by atoms with Gasteiger partial charge in [0.25, 0.3) is 11.8 Å². The maximum Gasteiger partial charge on any atom is 0.254 e. The van der Waals surface area contributed by atoms with Gasteiger partial charge in [-0.25, -0.2) is 0 Å². The van der Waals surface area contributed by atoms with Crippen LogP contribution in [0, 0.1) is 37.5 Å². The van der Waals surface area contributed by atoms with Crippen molar-refractivity contribution in [2.24, 2.45) is 28.8 Å². The van der Waals surface area contributed by atoms with Crippen LogP contribution in [-0.2, 0) is 9.59 Å². The number of halogens is 1. The lowest BCUT2D eigenvalue weighted by Gasteiger charge is -2.13. The molecule has 0 spiro atoms. The largest absolute Gasteiger partial charge is 0.316 e. The predicted molar refractivity (Wildman–Crippen MR) is 107 cm³/mol. The Hall–Kier alpha value is -2.66. The molecule has 142 valence electrons. The van der Waals surface area contributed by atoms with Gasteiger partial charge in [-0.1, -0.05) is 35.9 Å². The van der Waals surface area contributed by atoms with Crippen molar-refractivity contribution in [3.63, 3.8) is 0 Å². The molecule has 4 unspecified atom stereocenters. The fourth-order valence-electron chi connectivity index (χ4n) is 5.04. The average molecular weight is 394 g/mol. The van der Waals surface area contributed by atoms with Crippen LogP contribution < -0.4 is 0 Å². The Balaban J connectivity index is 1.46. The Morgan fingerprint density at radius 2 is 1.71 bits per heavy atom. The van der Waals surface area contributed by atoms with E-state index in [2.05, 4.69) is 21.8 Å². The van der Waals surface area contributed by atoms with E-state index < -0.39 is 0 Å². The van der Waals surface area contributed by atoms with Gasteiger partial charge in [0.1, 0.15) is 0 Å². The molecule has 2 amide bonds. The summed E-state index contributed by atoms with van der Waals surface area (Å²) in [6.07, 6.45) is 6.70. The molecule has 4 atom stereocenters. The molecule has 1 saturated heterocycles. The zero-order valence-corrected chi connectivity index (χ0v) is 16.4. The lowest BCUT2D eigenvalue weighted by Crippen LogP contribution is -2.28. The quantitative estimate of drug-likeness (QED) is 0.451. The third-order valence-corrected chi connectivity index (χ3v) is 6.64. The van der Waals surface area contributed by atoms with Crippen LogP contribution in [0.2, 0.25) is 5.02 Å². The molecule has 5 nitrogen and oxygen atoms in total. The van der Waals surface area contributed by atoms with E-state index in [0.29, 0.717) is 5.02 Å². The fourth-order valence-corrected chi connectivity index (χ4v) is 5.26. The molecule has 1 aromatic carbocycles. The van der Waals surface area contributed by atoms with Gasteiger partial charge in [0.2, 0.25) is 0 Å². The zero-order chi connectivity index (χ0) is 19.6. The normalized spacial score (nSPS) is 28.2. The number of carbonyl (C=O) groups excluding carboxylic acids is 2. The number of amides is 2. The minimum Gasteiger partial charge on any atom is -0.316 e. The molecular weight excluding hydrogens is 374 g/mol. The molecular formula is C22H20ClN3O2. The van der Waals surface area contributed by atoms with Crippen molar-refractivity contribution in [3.8, 4) is 5.69 Å². The molecule has 2 aromatic rings. The first-order valence-electron chi connectivity index (χ1n) is 9.51. The van der Waals surface area contributed by atoms with Crippen molar-refractivity contribution in [1.82, 2.24) is 9.58 Å². The first-order chi connectivity index (χ1) is 13.5. The minimum atomic E-state index is -0.227. The number of imide groups is 1. The molecule has 0 radical (unpaired) electrons. The van der Waals surface area contributed by atoms with E-state index in [1.807, 2.05) is 44.2 Å². The van der Waals surface area contributed by atoms with Crippen molar-refractivity contribution < 1.29 is 9.59 Å². The Bertz CT molecular complexity index is 1040. The van der Waals surface area contributed by atoms with E-state index >= 15 is 0 Å². The minimum absolute atomic E-state index is 0.164. The van der Waals surface area contributed by atoms with E-state index in [1.165, 1.54) is 0 Å². The summed E-state index contributed by atoms with van der Waals surface area (Å²) < 4.78 is 2.05. The summed E-state index contributed by atoms with van der Waals surface area (Å²) in [5.41, 5.74) is 3.71. The van der Waals surface area contributed by atoms with Crippen LogP contribution in [0.3, 0.4) is 0 Å². The number of aryl methyl sites for hydroxylation is 1. The summed E-state index contributed by atoms with van der Waals surface area (Å²) in [5, 5.41) is 6.05. The third kappa shape index (κ3) is 2.35. The van der Waals surface area contributed by atoms with E-state index in [0.717, 1.165) is 34.1 Å². The van der Waals surface area contributed by atoms with E-state index in [1.54, 1.807) is 6.21 Å². The van der Waals surface area contributed by atoms with Crippen molar-refractivity contribution in [2.45, 2.75) is 20.3 Å². The number of allylic oxidation sites excluding steroid dienone is 2. The lowest BCUT2D eigenvalue weighted by atomic mass is 9.85. The van der Waals surface area contributed by atoms with E-state index in [-0.39, 0.29) is 35.5 Å². The Labute approximate surface area is 168 Å². The zero-order valence-electron chi connectivity index (χ0n) is 15.7. The van der Waals surface area contributed by atoms with Crippen LogP contribution in [0.25, 0.3) is 5.69 Å². The molecule has 6 heteroatoms. The predicted octanol–water partition coefficient (Wildman–Crippen LogP) is 3.89. The number of carbonyl (C=O) groups is 2. The topological polar surface area (TPSA) is 54.7 Å². The second kappa shape index (κ2) is 6.17. The summed E-state index contributed by atoms with van der Waals surface area (Å²) in [6, 6.07) is 9.63. The summed E-state index contributed by atoms with van der Waals surface area (Å²) in [4.78, 5) is 25.5. The highest BCUT2D eigenvalue weighted by atomic mass is 35.5. The van der Waals surface area contributed by atoms with Crippen LogP contribution in [0.4, 0.5) is 0 Å². The van der Waals surface area contributed by atoms with Crippen molar-refractivity contribution in [1.29, 1.82) is 0 Å². The lowest BCUT2D eigenvalue weighted by molar-refractivity contribution is -0.140. The number of aromatic nitrogens is 1. The number of benzene rings is 1.